The highest BCUT2D eigenvalue weighted by molar-refractivity contribution is 5.89. The van der Waals surface area contributed by atoms with Crippen molar-refractivity contribution in [3.63, 3.8) is 0 Å². The molecule has 12 nitrogen and oxygen atoms in total. The van der Waals surface area contributed by atoms with Gasteiger partial charge in [0.05, 0.1) is 25.2 Å². The highest BCUT2D eigenvalue weighted by Crippen LogP contribution is 2.77. The van der Waals surface area contributed by atoms with Gasteiger partial charge in [0.25, 0.3) is 5.97 Å². The maximum absolute atomic E-state index is 14.1. The number of cyclic esters (lactones) is 1. The van der Waals surface area contributed by atoms with E-state index < -0.39 is 81.3 Å². The second-order valence-electron chi connectivity index (χ2n) is 16.4. The summed E-state index contributed by atoms with van der Waals surface area (Å²) in [6, 6.07) is 10.2. The molecule has 52 heavy (non-hydrogen) atoms. The molecule has 1 spiro atoms. The maximum atomic E-state index is 14.1. The van der Waals surface area contributed by atoms with E-state index in [0.29, 0.717) is 30.4 Å². The fourth-order valence-corrected chi connectivity index (χ4v) is 11.0. The molecule has 12 atom stereocenters. The lowest BCUT2D eigenvalue weighted by atomic mass is 9.48. The summed E-state index contributed by atoms with van der Waals surface area (Å²) in [6.07, 6.45) is 2.35. The third-order valence-electron chi connectivity index (χ3n) is 14.0. The monoisotopic (exact) mass is 720 g/mol. The number of hydrogen-bond acceptors (Lipinski definition) is 12. The highest BCUT2D eigenvalue weighted by Gasteiger charge is 2.90. The molecule has 3 saturated carbocycles. The van der Waals surface area contributed by atoms with E-state index in [-0.39, 0.29) is 37.2 Å². The zero-order chi connectivity index (χ0) is 37.1. The van der Waals surface area contributed by atoms with Crippen LogP contribution in [-0.4, -0.2) is 75.8 Å². The average molecular weight is 721 g/mol. The van der Waals surface area contributed by atoms with Gasteiger partial charge in [-0.05, 0) is 68.2 Å². The zero-order valence-electron chi connectivity index (χ0n) is 30.5. The van der Waals surface area contributed by atoms with Crippen LogP contribution in [-0.2, 0) is 38.0 Å². The van der Waals surface area contributed by atoms with E-state index in [9.17, 15) is 24.6 Å². The molecule has 6 aliphatic rings. The van der Waals surface area contributed by atoms with Crippen molar-refractivity contribution in [2.75, 3.05) is 7.11 Å². The first-order valence-electron chi connectivity index (χ1n) is 18.4. The molecule has 4 bridgehead atoms. The van der Waals surface area contributed by atoms with Gasteiger partial charge in [0.15, 0.2) is 11.2 Å². The molecule has 5 fully saturated rings. The Bertz CT molecular complexity index is 1810. The minimum absolute atomic E-state index is 0.0412. The minimum atomic E-state index is -2.34. The topological polar surface area (TPSA) is 160 Å². The molecule has 3 aliphatic heterocycles. The first-order valence-corrected chi connectivity index (χ1v) is 18.4. The Hall–Kier alpha value is -3.55. The van der Waals surface area contributed by atoms with Gasteiger partial charge < -0.3 is 43.1 Å². The lowest BCUT2D eigenvalue weighted by Crippen LogP contribution is -2.79. The average Bonchev–Trinajstić information content (AvgIpc) is 3.89. The third kappa shape index (κ3) is 4.30. The second kappa shape index (κ2) is 11.5. The number of rotatable bonds is 8. The first-order chi connectivity index (χ1) is 24.6. The lowest BCUT2D eigenvalue weighted by Gasteiger charge is -2.64. The van der Waals surface area contributed by atoms with E-state index in [1.807, 2.05) is 27.7 Å². The van der Waals surface area contributed by atoms with Crippen molar-refractivity contribution in [2.24, 2.45) is 22.7 Å². The van der Waals surface area contributed by atoms with Gasteiger partial charge in [-0.3, -0.25) is 4.79 Å². The number of furan rings is 1. The van der Waals surface area contributed by atoms with Gasteiger partial charge in [0.2, 0.25) is 0 Å². The van der Waals surface area contributed by atoms with Crippen LogP contribution in [0, 0.1) is 22.7 Å². The van der Waals surface area contributed by atoms with E-state index >= 15 is 0 Å². The molecule has 2 saturated heterocycles. The Morgan fingerprint density at radius 3 is 2.46 bits per heavy atom. The highest BCUT2D eigenvalue weighted by atomic mass is 16.9. The number of carbonyl (C=O) groups is 3. The Morgan fingerprint density at radius 1 is 1.06 bits per heavy atom. The molecule has 8 rings (SSSR count). The Morgan fingerprint density at radius 2 is 1.81 bits per heavy atom. The third-order valence-corrected chi connectivity index (χ3v) is 14.0. The van der Waals surface area contributed by atoms with Crippen LogP contribution in [0.15, 0.2) is 65.0 Å². The van der Waals surface area contributed by atoms with Gasteiger partial charge in [-0.25, -0.2) is 9.59 Å². The summed E-state index contributed by atoms with van der Waals surface area (Å²) < 4.78 is 44.7. The van der Waals surface area contributed by atoms with E-state index in [2.05, 4.69) is 0 Å². The van der Waals surface area contributed by atoms with Gasteiger partial charge in [-0.15, -0.1) is 0 Å². The van der Waals surface area contributed by atoms with Crippen LogP contribution in [0.4, 0.5) is 0 Å². The molecular formula is C40H48O12. The summed E-state index contributed by atoms with van der Waals surface area (Å²) in [5.74, 6) is -4.61. The van der Waals surface area contributed by atoms with Gasteiger partial charge in [0.1, 0.15) is 29.5 Å². The quantitative estimate of drug-likeness (QED) is 0.267. The molecule has 12 heteroatoms. The van der Waals surface area contributed by atoms with E-state index in [1.54, 1.807) is 49.6 Å². The molecular weight excluding hydrogens is 672 g/mol. The molecule has 0 amide bonds. The predicted octanol–water partition coefficient (Wildman–Crippen LogP) is 5.32. The number of carbonyl (C=O) groups excluding carboxylic acids is 3. The number of fused-ring (bicyclic) bond motifs is 5. The standard InChI is InChI=1S/C40H48O12/c1-7-23(3)40-50-33-38(45)32(49-31(43)24-12-10-9-11-13-24)35(5,22-36(38,44)8-2)26(18-28(41)46-6)20-37(51-40)16-15-34(4)27(39(33,37)52-40)19-29(42)48-30(34)25-14-17-47-21-25/h9-14,17,19,21,23,26,30,32-33,44-45H,7-8,15-16,18,20,22H2,1-6H3/t23?,26-,30+,32+,33?,34-,35+,36+,37?,38+,39?,40?/m1/s1. The van der Waals surface area contributed by atoms with Crippen LogP contribution in [0.2, 0.25) is 0 Å². The lowest BCUT2D eigenvalue weighted by molar-refractivity contribution is -0.392. The normalized spacial score (nSPS) is 44.8. The van der Waals surface area contributed by atoms with Crippen molar-refractivity contribution in [1.82, 2.24) is 0 Å². The van der Waals surface area contributed by atoms with Crippen LogP contribution in [0.5, 0.6) is 0 Å². The second-order valence-corrected chi connectivity index (χ2v) is 16.4. The van der Waals surface area contributed by atoms with Gasteiger partial charge in [0, 0.05) is 34.8 Å². The molecule has 2 aromatic rings. The van der Waals surface area contributed by atoms with Crippen LogP contribution >= 0.6 is 0 Å². The summed E-state index contributed by atoms with van der Waals surface area (Å²) in [4.78, 5) is 41.2. The van der Waals surface area contributed by atoms with E-state index in [0.717, 1.165) is 0 Å². The van der Waals surface area contributed by atoms with Crippen molar-refractivity contribution in [1.29, 1.82) is 0 Å². The smallest absolute Gasteiger partial charge is 0.338 e. The number of esters is 3. The molecule has 1 aromatic heterocycles. The zero-order valence-corrected chi connectivity index (χ0v) is 30.5. The number of hydrogen-bond donors (Lipinski definition) is 2. The summed E-state index contributed by atoms with van der Waals surface area (Å²) in [5.41, 5.74) is -7.95. The van der Waals surface area contributed by atoms with Crippen molar-refractivity contribution in [3.05, 3.63) is 71.7 Å². The summed E-state index contributed by atoms with van der Waals surface area (Å²) in [7, 11) is 1.31. The van der Waals surface area contributed by atoms with Crippen molar-refractivity contribution >= 4 is 17.9 Å². The van der Waals surface area contributed by atoms with Crippen molar-refractivity contribution < 1.29 is 57.4 Å². The van der Waals surface area contributed by atoms with Crippen molar-refractivity contribution in [2.45, 2.75) is 126 Å². The molecule has 2 N–H and O–H groups in total. The number of aliphatic hydroxyl groups is 2. The molecule has 4 heterocycles. The molecule has 3 aliphatic carbocycles. The summed E-state index contributed by atoms with van der Waals surface area (Å²) >= 11 is 0. The number of methoxy groups -OCH3 is 1. The largest absolute Gasteiger partial charge is 0.472 e. The van der Waals surface area contributed by atoms with Crippen LogP contribution in [0.25, 0.3) is 0 Å². The van der Waals surface area contributed by atoms with Gasteiger partial charge in [-0.2, -0.15) is 0 Å². The van der Waals surface area contributed by atoms with E-state index in [4.69, 9.17) is 32.8 Å². The number of ether oxygens (including phenoxy) is 6. The van der Waals surface area contributed by atoms with Gasteiger partial charge in [-0.1, -0.05) is 52.8 Å². The Balaban J connectivity index is 1.42. The maximum Gasteiger partial charge on any atom is 0.338 e. The van der Waals surface area contributed by atoms with Gasteiger partial charge >= 0.3 is 17.9 Å². The fraction of sp³-hybridized carbons (Fsp3) is 0.625. The Labute approximate surface area is 302 Å². The van der Waals surface area contributed by atoms with Crippen LogP contribution in [0.1, 0.15) is 102 Å². The van der Waals surface area contributed by atoms with Crippen LogP contribution in [0.3, 0.4) is 0 Å². The number of benzene rings is 1. The molecule has 280 valence electrons. The molecule has 0 radical (unpaired) electrons. The minimum Gasteiger partial charge on any atom is -0.472 e. The SMILES string of the molecule is CCC(C)C12OC3C4(O1)C1=CC(=O)O[C@@H](c5ccoc5)[C@]1(C)CCC4(C[C@@H](CC(=O)OC)[C@]1(C)C[C@@](O)(CC)[C@]3(O)[C@H]1OC(=O)c1ccccc1)O2. The molecule has 1 aromatic carbocycles. The predicted molar refractivity (Wildman–Crippen MR) is 181 cm³/mol. The van der Waals surface area contributed by atoms with Crippen molar-refractivity contribution in [3.8, 4) is 0 Å². The summed E-state index contributed by atoms with van der Waals surface area (Å²) in [6.45, 7) is 9.50. The fourth-order valence-electron chi connectivity index (χ4n) is 11.0. The van der Waals surface area contributed by atoms with Crippen LogP contribution < -0.4 is 0 Å². The summed E-state index contributed by atoms with van der Waals surface area (Å²) in [5, 5.41) is 26.8. The van der Waals surface area contributed by atoms with E-state index in [1.165, 1.54) is 19.4 Å². The molecule has 5 unspecified atom stereocenters. The Kier molecular flexibility index (Phi) is 7.83. The first kappa shape index (κ1) is 35.5.